The Kier molecular flexibility index (Phi) is 2.86. The van der Waals surface area contributed by atoms with Crippen molar-refractivity contribution in [3.63, 3.8) is 0 Å². The molecule has 0 saturated carbocycles. The highest BCUT2D eigenvalue weighted by Crippen LogP contribution is 2.20. The molecule has 0 bridgehead atoms. The highest BCUT2D eigenvalue weighted by Gasteiger charge is 2.35. The molecule has 2 saturated heterocycles. The number of nitrogens with zero attached hydrogens (tertiary/aromatic N) is 2. The van der Waals surface area contributed by atoms with Crippen LogP contribution >= 0.6 is 0 Å². The van der Waals surface area contributed by atoms with Crippen LogP contribution in [-0.4, -0.2) is 65.3 Å². The standard InChI is InChI=1S/C10H16N2O4/c1-10(15)2-3-11(7-10)6-8(13)12-4-5-16-9(12)14/h15H,2-7H2,1H3. The minimum absolute atomic E-state index is 0.172. The molecule has 2 heterocycles. The Labute approximate surface area is 93.8 Å². The van der Waals surface area contributed by atoms with Gasteiger partial charge in [0.2, 0.25) is 5.91 Å². The van der Waals surface area contributed by atoms with Gasteiger partial charge in [-0.25, -0.2) is 9.69 Å². The third-order valence-electron chi connectivity index (χ3n) is 2.95. The van der Waals surface area contributed by atoms with Crippen LogP contribution < -0.4 is 0 Å². The van der Waals surface area contributed by atoms with Crippen molar-refractivity contribution in [3.05, 3.63) is 0 Å². The Balaban J connectivity index is 1.86. The summed E-state index contributed by atoms with van der Waals surface area (Å²) in [5.74, 6) is -0.250. The first kappa shape index (κ1) is 11.3. The molecule has 16 heavy (non-hydrogen) atoms. The van der Waals surface area contributed by atoms with E-state index >= 15 is 0 Å². The zero-order chi connectivity index (χ0) is 11.8. The van der Waals surface area contributed by atoms with Crippen LogP contribution in [0.2, 0.25) is 0 Å². The lowest BCUT2D eigenvalue weighted by Crippen LogP contribution is -2.41. The minimum atomic E-state index is -0.716. The van der Waals surface area contributed by atoms with E-state index in [0.717, 1.165) is 4.90 Å². The molecule has 6 heteroatoms. The van der Waals surface area contributed by atoms with Gasteiger partial charge in [-0.3, -0.25) is 9.69 Å². The third kappa shape index (κ3) is 2.33. The van der Waals surface area contributed by atoms with Gasteiger partial charge in [0, 0.05) is 13.1 Å². The van der Waals surface area contributed by atoms with Crippen molar-refractivity contribution in [2.75, 3.05) is 32.8 Å². The molecule has 0 aliphatic carbocycles. The highest BCUT2D eigenvalue weighted by molar-refractivity contribution is 5.94. The predicted octanol–water partition coefficient (Wildman–Crippen LogP) is -0.578. The summed E-state index contributed by atoms with van der Waals surface area (Å²) >= 11 is 0. The van der Waals surface area contributed by atoms with E-state index in [1.54, 1.807) is 6.92 Å². The normalized spacial score (nSPS) is 30.9. The fourth-order valence-electron chi connectivity index (χ4n) is 2.07. The third-order valence-corrected chi connectivity index (χ3v) is 2.95. The minimum Gasteiger partial charge on any atom is -0.447 e. The Hall–Kier alpha value is -1.14. The van der Waals surface area contributed by atoms with Gasteiger partial charge >= 0.3 is 6.09 Å². The number of β-amino-alcohol motifs (C(OH)–C–C–N with tert-alkyl or cyclic N) is 1. The number of aliphatic hydroxyl groups is 1. The second kappa shape index (κ2) is 4.03. The molecule has 1 N–H and O–H groups in total. The zero-order valence-electron chi connectivity index (χ0n) is 9.31. The number of imide groups is 1. The van der Waals surface area contributed by atoms with E-state index in [2.05, 4.69) is 0 Å². The highest BCUT2D eigenvalue weighted by atomic mass is 16.6. The maximum atomic E-state index is 11.7. The number of carbonyl (C=O) groups excluding carboxylic acids is 2. The van der Waals surface area contributed by atoms with Crippen LogP contribution in [-0.2, 0) is 9.53 Å². The van der Waals surface area contributed by atoms with Crippen molar-refractivity contribution in [1.29, 1.82) is 0 Å². The van der Waals surface area contributed by atoms with E-state index in [0.29, 0.717) is 26.1 Å². The SMILES string of the molecule is CC1(O)CCN(CC(=O)N2CCOC2=O)C1. The number of cyclic esters (lactones) is 1. The van der Waals surface area contributed by atoms with Crippen molar-refractivity contribution in [2.45, 2.75) is 18.9 Å². The first-order valence-electron chi connectivity index (χ1n) is 5.40. The topological polar surface area (TPSA) is 70.1 Å². The number of hydrogen-bond donors (Lipinski definition) is 1. The molecule has 1 atom stereocenters. The molecular weight excluding hydrogens is 212 g/mol. The lowest BCUT2D eigenvalue weighted by molar-refractivity contribution is -0.128. The van der Waals surface area contributed by atoms with Crippen molar-refractivity contribution in [3.8, 4) is 0 Å². The lowest BCUT2D eigenvalue weighted by Gasteiger charge is -2.19. The molecule has 90 valence electrons. The summed E-state index contributed by atoms with van der Waals surface area (Å²) in [7, 11) is 0. The van der Waals surface area contributed by atoms with E-state index < -0.39 is 11.7 Å². The van der Waals surface area contributed by atoms with Crippen LogP contribution in [0.4, 0.5) is 4.79 Å². The van der Waals surface area contributed by atoms with Crippen LogP contribution in [0, 0.1) is 0 Å². The summed E-state index contributed by atoms with van der Waals surface area (Å²) in [5, 5.41) is 9.74. The Morgan fingerprint density at radius 1 is 1.56 bits per heavy atom. The van der Waals surface area contributed by atoms with Gasteiger partial charge < -0.3 is 9.84 Å². The van der Waals surface area contributed by atoms with Crippen LogP contribution in [0.25, 0.3) is 0 Å². The maximum absolute atomic E-state index is 11.7. The summed E-state index contributed by atoms with van der Waals surface area (Å²) in [6.07, 6.45) is 0.0982. The summed E-state index contributed by atoms with van der Waals surface area (Å²) in [6, 6.07) is 0. The molecule has 1 unspecified atom stereocenters. The monoisotopic (exact) mass is 228 g/mol. The smallest absolute Gasteiger partial charge is 0.416 e. The second-order valence-corrected chi connectivity index (χ2v) is 4.62. The van der Waals surface area contributed by atoms with E-state index in [9.17, 15) is 14.7 Å². The summed E-state index contributed by atoms with van der Waals surface area (Å²) in [4.78, 5) is 25.8. The van der Waals surface area contributed by atoms with Gasteiger partial charge in [0.05, 0.1) is 18.7 Å². The van der Waals surface area contributed by atoms with Crippen molar-refractivity contribution >= 4 is 12.0 Å². The average molecular weight is 228 g/mol. The molecular formula is C10H16N2O4. The molecule has 0 spiro atoms. The van der Waals surface area contributed by atoms with Crippen LogP contribution in [0.1, 0.15) is 13.3 Å². The second-order valence-electron chi connectivity index (χ2n) is 4.62. The molecule has 0 aromatic rings. The fourth-order valence-corrected chi connectivity index (χ4v) is 2.07. The van der Waals surface area contributed by atoms with Gasteiger partial charge in [0.1, 0.15) is 6.61 Å². The summed E-state index contributed by atoms with van der Waals surface area (Å²) in [6.45, 7) is 3.69. The first-order valence-corrected chi connectivity index (χ1v) is 5.40. The molecule has 0 aromatic carbocycles. The van der Waals surface area contributed by atoms with Crippen LogP contribution in [0.15, 0.2) is 0 Å². The quantitative estimate of drug-likeness (QED) is 0.685. The molecule has 2 amide bonds. The fraction of sp³-hybridized carbons (Fsp3) is 0.800. The Morgan fingerprint density at radius 2 is 2.31 bits per heavy atom. The van der Waals surface area contributed by atoms with E-state index in [4.69, 9.17) is 4.74 Å². The van der Waals surface area contributed by atoms with Crippen LogP contribution in [0.5, 0.6) is 0 Å². The van der Waals surface area contributed by atoms with Gasteiger partial charge in [-0.15, -0.1) is 0 Å². The van der Waals surface area contributed by atoms with Crippen molar-refractivity contribution in [2.24, 2.45) is 0 Å². The Morgan fingerprint density at radius 3 is 2.81 bits per heavy atom. The lowest BCUT2D eigenvalue weighted by atomic mass is 10.1. The molecule has 2 aliphatic rings. The predicted molar refractivity (Wildman–Crippen MR) is 54.7 cm³/mol. The van der Waals surface area contributed by atoms with Gasteiger partial charge in [0.25, 0.3) is 0 Å². The molecule has 2 rings (SSSR count). The number of rotatable bonds is 2. The van der Waals surface area contributed by atoms with E-state index in [-0.39, 0.29) is 19.1 Å². The van der Waals surface area contributed by atoms with Gasteiger partial charge in [0.15, 0.2) is 0 Å². The van der Waals surface area contributed by atoms with Gasteiger partial charge in [-0.05, 0) is 13.3 Å². The molecule has 2 aliphatic heterocycles. The number of amides is 2. The van der Waals surface area contributed by atoms with Crippen molar-refractivity contribution < 1.29 is 19.4 Å². The zero-order valence-corrected chi connectivity index (χ0v) is 9.31. The summed E-state index contributed by atoms with van der Waals surface area (Å²) in [5.41, 5.74) is -0.716. The summed E-state index contributed by atoms with van der Waals surface area (Å²) < 4.78 is 4.69. The number of ether oxygens (including phenoxy) is 1. The molecule has 0 radical (unpaired) electrons. The van der Waals surface area contributed by atoms with Gasteiger partial charge in [-0.2, -0.15) is 0 Å². The van der Waals surface area contributed by atoms with E-state index in [1.807, 2.05) is 4.90 Å². The van der Waals surface area contributed by atoms with E-state index in [1.165, 1.54) is 0 Å². The average Bonchev–Trinajstić information content (AvgIpc) is 2.72. The number of likely N-dealkylation sites (tertiary alicyclic amines) is 1. The van der Waals surface area contributed by atoms with Gasteiger partial charge in [-0.1, -0.05) is 0 Å². The number of carbonyl (C=O) groups is 2. The molecule has 6 nitrogen and oxygen atoms in total. The molecule has 0 aromatic heterocycles. The first-order chi connectivity index (χ1) is 7.48. The van der Waals surface area contributed by atoms with Crippen molar-refractivity contribution in [1.82, 2.24) is 9.80 Å². The molecule has 2 fully saturated rings. The number of hydrogen-bond acceptors (Lipinski definition) is 5. The Bertz CT molecular complexity index is 316. The maximum Gasteiger partial charge on any atom is 0.416 e. The largest absolute Gasteiger partial charge is 0.447 e. The van der Waals surface area contributed by atoms with Crippen LogP contribution in [0.3, 0.4) is 0 Å².